The quantitative estimate of drug-likeness (QED) is 0.718. The summed E-state index contributed by atoms with van der Waals surface area (Å²) in [5, 5.41) is 3.41. The van der Waals surface area contributed by atoms with Gasteiger partial charge in [-0.2, -0.15) is 0 Å². The molecule has 1 atom stereocenters. The van der Waals surface area contributed by atoms with E-state index < -0.39 is 0 Å². The van der Waals surface area contributed by atoms with Crippen LogP contribution < -0.4 is 10.2 Å². The van der Waals surface area contributed by atoms with Crippen molar-refractivity contribution < 1.29 is 4.74 Å². The lowest BCUT2D eigenvalue weighted by molar-refractivity contribution is 0.203. The molecule has 0 saturated heterocycles. The van der Waals surface area contributed by atoms with Crippen LogP contribution in [0.3, 0.4) is 0 Å². The molecular weight excluding hydrogens is 264 g/mol. The first-order valence-corrected chi connectivity index (χ1v) is 8.02. The molecule has 1 aromatic rings. The van der Waals surface area contributed by atoms with Crippen LogP contribution in [0.25, 0.3) is 0 Å². The molecule has 5 nitrogen and oxygen atoms in total. The largest absolute Gasteiger partial charge is 0.383 e. The maximum atomic E-state index is 5.26. The van der Waals surface area contributed by atoms with Crippen LogP contribution in [-0.4, -0.2) is 42.8 Å². The summed E-state index contributed by atoms with van der Waals surface area (Å²) in [4.78, 5) is 11.3. The van der Waals surface area contributed by atoms with E-state index in [9.17, 15) is 0 Å². The fourth-order valence-corrected chi connectivity index (χ4v) is 2.32. The van der Waals surface area contributed by atoms with Crippen LogP contribution >= 0.6 is 0 Å². The van der Waals surface area contributed by atoms with Gasteiger partial charge in [0.25, 0.3) is 0 Å². The van der Waals surface area contributed by atoms with E-state index in [1.54, 1.807) is 13.4 Å². The highest BCUT2D eigenvalue weighted by atomic mass is 16.5. The first kappa shape index (κ1) is 17.7. The maximum absolute atomic E-state index is 5.26. The van der Waals surface area contributed by atoms with E-state index in [0.29, 0.717) is 12.6 Å². The van der Waals surface area contributed by atoms with Crippen molar-refractivity contribution in [2.75, 3.05) is 37.0 Å². The van der Waals surface area contributed by atoms with E-state index >= 15 is 0 Å². The van der Waals surface area contributed by atoms with E-state index in [4.69, 9.17) is 4.74 Å². The standard InChI is InChI=1S/C16H30N4O/c1-6-9-17-15-14(8-3)16(19-12-18-15)20(10-11-21-5)13(4)7-2/h12-13H,6-11H2,1-5H3,(H,17,18,19). The molecule has 0 fully saturated rings. The van der Waals surface area contributed by atoms with E-state index in [1.807, 2.05) is 0 Å². The summed E-state index contributed by atoms with van der Waals surface area (Å²) in [7, 11) is 1.74. The Labute approximate surface area is 129 Å². The summed E-state index contributed by atoms with van der Waals surface area (Å²) >= 11 is 0. The molecule has 1 heterocycles. The monoisotopic (exact) mass is 294 g/mol. The van der Waals surface area contributed by atoms with Gasteiger partial charge < -0.3 is 15.0 Å². The van der Waals surface area contributed by atoms with Crippen LogP contribution in [0, 0.1) is 0 Å². The zero-order valence-corrected chi connectivity index (χ0v) is 14.1. The minimum Gasteiger partial charge on any atom is -0.383 e. The molecule has 0 radical (unpaired) electrons. The van der Waals surface area contributed by atoms with Crippen molar-refractivity contribution in [2.24, 2.45) is 0 Å². The van der Waals surface area contributed by atoms with Crippen LogP contribution in [0.2, 0.25) is 0 Å². The van der Waals surface area contributed by atoms with Gasteiger partial charge in [-0.05, 0) is 26.2 Å². The molecule has 0 spiro atoms. The molecule has 1 unspecified atom stereocenters. The second-order valence-electron chi connectivity index (χ2n) is 5.25. The van der Waals surface area contributed by atoms with Gasteiger partial charge in [0.1, 0.15) is 18.0 Å². The number of hydrogen-bond donors (Lipinski definition) is 1. The second kappa shape index (κ2) is 9.55. The Morgan fingerprint density at radius 1 is 1.29 bits per heavy atom. The molecule has 0 aromatic carbocycles. The Kier molecular flexibility index (Phi) is 8.05. The molecule has 0 saturated carbocycles. The van der Waals surface area contributed by atoms with Crippen molar-refractivity contribution in [1.82, 2.24) is 9.97 Å². The fourth-order valence-electron chi connectivity index (χ4n) is 2.32. The Morgan fingerprint density at radius 3 is 2.62 bits per heavy atom. The molecular formula is C16H30N4O. The van der Waals surface area contributed by atoms with Gasteiger partial charge in [-0.15, -0.1) is 0 Å². The van der Waals surface area contributed by atoms with Gasteiger partial charge in [-0.1, -0.05) is 20.8 Å². The number of ether oxygens (including phenoxy) is 1. The summed E-state index contributed by atoms with van der Waals surface area (Å²) < 4.78 is 5.26. The SMILES string of the molecule is CCCNc1ncnc(N(CCOC)C(C)CC)c1CC. The Hall–Kier alpha value is -1.36. The first-order chi connectivity index (χ1) is 10.2. The molecule has 1 N–H and O–H groups in total. The second-order valence-corrected chi connectivity index (χ2v) is 5.25. The molecule has 120 valence electrons. The van der Waals surface area contributed by atoms with Gasteiger partial charge in [0, 0.05) is 31.8 Å². The molecule has 0 bridgehead atoms. The smallest absolute Gasteiger partial charge is 0.137 e. The average molecular weight is 294 g/mol. The molecule has 0 aliphatic carbocycles. The number of aromatic nitrogens is 2. The highest BCUT2D eigenvalue weighted by Crippen LogP contribution is 2.26. The van der Waals surface area contributed by atoms with Gasteiger partial charge in [-0.3, -0.25) is 0 Å². The van der Waals surface area contributed by atoms with Gasteiger partial charge >= 0.3 is 0 Å². The summed E-state index contributed by atoms with van der Waals surface area (Å²) in [6.07, 6.45) is 4.74. The molecule has 1 rings (SSSR count). The molecule has 5 heteroatoms. The van der Waals surface area contributed by atoms with Gasteiger partial charge in [0.2, 0.25) is 0 Å². The van der Waals surface area contributed by atoms with Crippen LogP contribution in [0.1, 0.15) is 46.1 Å². The van der Waals surface area contributed by atoms with E-state index in [1.165, 1.54) is 5.56 Å². The van der Waals surface area contributed by atoms with Gasteiger partial charge in [0.15, 0.2) is 0 Å². The molecule has 21 heavy (non-hydrogen) atoms. The number of rotatable bonds is 10. The first-order valence-electron chi connectivity index (χ1n) is 8.02. The summed E-state index contributed by atoms with van der Waals surface area (Å²) in [5.41, 5.74) is 1.20. The topological polar surface area (TPSA) is 50.3 Å². The van der Waals surface area contributed by atoms with E-state index in [-0.39, 0.29) is 0 Å². The third-order valence-corrected chi connectivity index (χ3v) is 3.75. The van der Waals surface area contributed by atoms with Gasteiger partial charge in [-0.25, -0.2) is 9.97 Å². The molecule has 0 amide bonds. The van der Waals surface area contributed by atoms with Crippen molar-refractivity contribution in [3.8, 4) is 0 Å². The van der Waals surface area contributed by atoms with E-state index in [2.05, 4.69) is 47.9 Å². The van der Waals surface area contributed by atoms with Crippen LogP contribution in [0.4, 0.5) is 11.6 Å². The number of methoxy groups -OCH3 is 1. The molecule has 0 aliphatic rings. The third kappa shape index (κ3) is 4.84. The number of nitrogens with one attached hydrogen (secondary N) is 1. The van der Waals surface area contributed by atoms with Crippen LogP contribution in [0.5, 0.6) is 0 Å². The van der Waals surface area contributed by atoms with Crippen molar-refractivity contribution in [1.29, 1.82) is 0 Å². The third-order valence-electron chi connectivity index (χ3n) is 3.75. The van der Waals surface area contributed by atoms with Crippen molar-refractivity contribution in [3.05, 3.63) is 11.9 Å². The summed E-state index contributed by atoms with van der Waals surface area (Å²) in [6, 6.07) is 0.430. The highest BCUT2D eigenvalue weighted by Gasteiger charge is 2.19. The Bertz CT molecular complexity index is 411. The predicted octanol–water partition coefficient (Wildman–Crippen LogP) is 3.11. The number of nitrogens with zero attached hydrogens (tertiary/aromatic N) is 3. The molecule has 1 aromatic heterocycles. The van der Waals surface area contributed by atoms with Gasteiger partial charge in [0.05, 0.1) is 6.61 Å². The fraction of sp³-hybridized carbons (Fsp3) is 0.750. The normalized spacial score (nSPS) is 12.2. The van der Waals surface area contributed by atoms with Crippen molar-refractivity contribution in [2.45, 2.75) is 53.0 Å². The lowest BCUT2D eigenvalue weighted by atomic mass is 10.1. The Balaban J connectivity index is 3.10. The number of hydrogen-bond acceptors (Lipinski definition) is 5. The summed E-state index contributed by atoms with van der Waals surface area (Å²) in [5.74, 6) is 2.01. The summed E-state index contributed by atoms with van der Waals surface area (Å²) in [6.45, 7) is 11.2. The number of anilines is 2. The lowest BCUT2D eigenvalue weighted by Gasteiger charge is -2.31. The van der Waals surface area contributed by atoms with E-state index in [0.717, 1.165) is 44.0 Å². The van der Waals surface area contributed by atoms with Crippen molar-refractivity contribution in [3.63, 3.8) is 0 Å². The highest BCUT2D eigenvalue weighted by molar-refractivity contribution is 5.59. The van der Waals surface area contributed by atoms with Crippen LogP contribution in [0.15, 0.2) is 6.33 Å². The molecule has 0 aliphatic heterocycles. The minimum atomic E-state index is 0.430. The average Bonchev–Trinajstić information content (AvgIpc) is 2.52. The zero-order chi connectivity index (χ0) is 15.7. The lowest BCUT2D eigenvalue weighted by Crippen LogP contribution is -2.37. The Morgan fingerprint density at radius 2 is 2.05 bits per heavy atom. The zero-order valence-electron chi connectivity index (χ0n) is 14.1. The van der Waals surface area contributed by atoms with Crippen molar-refractivity contribution >= 4 is 11.6 Å². The van der Waals surface area contributed by atoms with Crippen LogP contribution in [-0.2, 0) is 11.2 Å². The maximum Gasteiger partial charge on any atom is 0.137 e. The predicted molar refractivity (Wildman–Crippen MR) is 89.2 cm³/mol. The minimum absolute atomic E-state index is 0.430.